The molecule has 0 radical (unpaired) electrons. The van der Waals surface area contributed by atoms with Crippen molar-refractivity contribution >= 4 is 23.2 Å². The number of likely N-dealkylation sites (tertiary alicyclic amines) is 1. The van der Waals surface area contributed by atoms with Gasteiger partial charge in [0.2, 0.25) is 10.6 Å². The van der Waals surface area contributed by atoms with Gasteiger partial charge in [0.25, 0.3) is 5.91 Å². The van der Waals surface area contributed by atoms with Crippen molar-refractivity contribution in [3.8, 4) is 28.8 Å². The Balaban J connectivity index is 1.79. The molecule has 1 saturated heterocycles. The Morgan fingerprint density at radius 2 is 2.20 bits per heavy atom. The molecule has 1 aromatic heterocycles. The first-order chi connectivity index (χ1) is 14.1. The molecule has 1 fully saturated rings. The van der Waals surface area contributed by atoms with E-state index >= 15 is 0 Å². The molecule has 7 nitrogen and oxygen atoms in total. The van der Waals surface area contributed by atoms with E-state index in [1.54, 1.807) is 7.05 Å². The van der Waals surface area contributed by atoms with Crippen LogP contribution in [0.2, 0.25) is 0 Å². The number of carbonyl (C=O) groups is 2. The second-order valence-corrected chi connectivity index (χ2v) is 7.98. The van der Waals surface area contributed by atoms with Crippen molar-refractivity contribution in [1.82, 2.24) is 9.88 Å². The summed E-state index contributed by atoms with van der Waals surface area (Å²) >= 11 is 0.550. The van der Waals surface area contributed by atoms with Crippen molar-refractivity contribution in [2.75, 3.05) is 27.3 Å². The summed E-state index contributed by atoms with van der Waals surface area (Å²) in [4.78, 5) is 28.9. The number of aliphatic hydroxyl groups is 1. The van der Waals surface area contributed by atoms with Gasteiger partial charge in [0.1, 0.15) is 10.6 Å². The number of likely N-dealkylation sites (N-methyl/N-ethyl adjacent to an activating group) is 1. The number of amides is 1. The predicted octanol–water partition coefficient (Wildman–Crippen LogP) is 2.03. The number of aromatic nitrogens is 1. The lowest BCUT2D eigenvalue weighted by atomic mass is 10.0. The minimum Gasteiger partial charge on any atom is -0.486 e. The molecule has 1 atom stereocenters. The monoisotopic (exact) mass is 434 g/mol. The predicted molar refractivity (Wildman–Crippen MR) is 102 cm³/mol. The Kier molecular flexibility index (Phi) is 4.75. The average molecular weight is 434 g/mol. The number of methoxy groups -OCH3 is 1. The summed E-state index contributed by atoms with van der Waals surface area (Å²) in [5.41, 5.74) is -1.26. The normalized spacial score (nSPS) is 21.6. The maximum Gasteiger partial charge on any atom is 0.367 e. The fourth-order valence-corrected chi connectivity index (χ4v) is 4.18. The van der Waals surface area contributed by atoms with E-state index in [0.717, 1.165) is 7.11 Å². The van der Waals surface area contributed by atoms with Gasteiger partial charge >= 0.3 is 11.9 Å². The van der Waals surface area contributed by atoms with E-state index in [1.807, 2.05) is 0 Å². The molecule has 0 saturated carbocycles. The van der Waals surface area contributed by atoms with Crippen molar-refractivity contribution in [1.29, 1.82) is 0 Å². The first-order valence-electron chi connectivity index (χ1n) is 8.90. The Hall–Kier alpha value is -3.03. The van der Waals surface area contributed by atoms with Gasteiger partial charge in [0.15, 0.2) is 6.61 Å². The van der Waals surface area contributed by atoms with Crippen LogP contribution in [0.5, 0.6) is 5.75 Å². The van der Waals surface area contributed by atoms with Crippen molar-refractivity contribution in [3.63, 3.8) is 0 Å². The third-order valence-corrected chi connectivity index (χ3v) is 6.03. The second kappa shape index (κ2) is 7.04. The molecule has 1 N–H and O–H groups in total. The number of hydrogen-bond donors (Lipinski definition) is 1. The lowest BCUT2D eigenvalue weighted by molar-refractivity contribution is -0.137. The molecule has 4 rings (SSSR count). The average Bonchev–Trinajstić information content (AvgIpc) is 3.26. The first-order valence-corrected chi connectivity index (χ1v) is 9.72. The second-order valence-electron chi connectivity index (χ2n) is 6.98. The van der Waals surface area contributed by atoms with Crippen LogP contribution in [0.3, 0.4) is 0 Å². The summed E-state index contributed by atoms with van der Waals surface area (Å²) in [5, 5.41) is 10.2. The highest BCUT2D eigenvalue weighted by atomic mass is 32.1. The van der Waals surface area contributed by atoms with E-state index in [4.69, 9.17) is 4.74 Å². The summed E-state index contributed by atoms with van der Waals surface area (Å²) in [6.45, 7) is -0.517. The van der Waals surface area contributed by atoms with Crippen LogP contribution >= 0.6 is 11.3 Å². The van der Waals surface area contributed by atoms with Crippen LogP contribution in [0.1, 0.15) is 26.7 Å². The van der Waals surface area contributed by atoms with E-state index in [2.05, 4.69) is 21.6 Å². The number of hydrogen-bond acceptors (Lipinski definition) is 7. The number of nitrogens with zero attached hydrogens (tertiary/aromatic N) is 2. The lowest BCUT2D eigenvalue weighted by Gasteiger charge is -2.13. The fraction of sp³-hybridized carbons (Fsp3) is 0.350. The number of fused-ring (bicyclic) bond motifs is 3. The number of benzene rings is 1. The standard InChI is InChI=1S/C20H16F2N2O5S/c1-24-8-7-19(27,18(24)26)6-5-11-3-4-13-12(9-11)14-15(20(21,22)10-29-13)30-16(23-14)17(25)28-2/h3-4,9,27H,7-8,10H2,1-2H3. The van der Waals surface area contributed by atoms with E-state index in [0.29, 0.717) is 23.4 Å². The van der Waals surface area contributed by atoms with Crippen LogP contribution in [-0.2, 0) is 15.5 Å². The van der Waals surface area contributed by atoms with Gasteiger partial charge < -0.3 is 19.5 Å². The Morgan fingerprint density at radius 3 is 2.87 bits per heavy atom. The molecule has 2 aliphatic rings. The minimum absolute atomic E-state index is 0.0862. The molecular weight excluding hydrogens is 418 g/mol. The Morgan fingerprint density at radius 1 is 1.43 bits per heavy atom. The van der Waals surface area contributed by atoms with Crippen LogP contribution in [0.25, 0.3) is 11.3 Å². The molecule has 2 aliphatic heterocycles. The maximum absolute atomic E-state index is 14.6. The number of alkyl halides is 2. The van der Waals surface area contributed by atoms with Crippen molar-refractivity contribution < 1.29 is 33.0 Å². The van der Waals surface area contributed by atoms with E-state index in [9.17, 15) is 23.5 Å². The zero-order valence-electron chi connectivity index (χ0n) is 16.0. The summed E-state index contributed by atoms with van der Waals surface area (Å²) in [6.07, 6.45) is 0.175. The molecule has 1 unspecified atom stereocenters. The lowest BCUT2D eigenvalue weighted by Crippen LogP contribution is -2.37. The number of esters is 1. The molecular formula is C20H16F2N2O5S. The smallest absolute Gasteiger partial charge is 0.367 e. The molecule has 1 amide bonds. The van der Waals surface area contributed by atoms with Crippen molar-refractivity contribution in [2.24, 2.45) is 0 Å². The molecule has 0 spiro atoms. The van der Waals surface area contributed by atoms with Gasteiger partial charge in [0, 0.05) is 31.1 Å². The van der Waals surface area contributed by atoms with Gasteiger partial charge in [0.05, 0.1) is 12.8 Å². The molecule has 2 aromatic rings. The third-order valence-electron chi connectivity index (χ3n) is 4.89. The molecule has 30 heavy (non-hydrogen) atoms. The SMILES string of the molecule is COC(=O)c1nc2c(s1)C(F)(F)COc1ccc(C#CC3(O)CCN(C)C3=O)cc1-2. The van der Waals surface area contributed by atoms with Crippen LogP contribution in [0.15, 0.2) is 18.2 Å². The molecule has 10 heteroatoms. The topological polar surface area (TPSA) is 89.0 Å². The number of thiazole rings is 1. The van der Waals surface area contributed by atoms with E-state index in [-0.39, 0.29) is 28.4 Å². The van der Waals surface area contributed by atoms with Gasteiger partial charge in [-0.25, -0.2) is 9.78 Å². The number of rotatable bonds is 1. The van der Waals surface area contributed by atoms with Crippen molar-refractivity contribution in [2.45, 2.75) is 17.9 Å². The summed E-state index contributed by atoms with van der Waals surface area (Å²) in [5.74, 6) is 0.833. The fourth-order valence-electron chi connectivity index (χ4n) is 3.22. The zero-order chi connectivity index (χ0) is 21.7. The minimum atomic E-state index is -3.35. The van der Waals surface area contributed by atoms with Crippen molar-refractivity contribution in [3.05, 3.63) is 33.6 Å². The summed E-state index contributed by atoms with van der Waals surface area (Å²) in [6, 6.07) is 4.49. The number of ether oxygens (including phenoxy) is 2. The van der Waals surface area contributed by atoms with Gasteiger partial charge in [-0.05, 0) is 18.2 Å². The summed E-state index contributed by atoms with van der Waals surface area (Å²) in [7, 11) is 2.72. The highest BCUT2D eigenvalue weighted by Gasteiger charge is 2.43. The van der Waals surface area contributed by atoms with Crippen LogP contribution in [-0.4, -0.2) is 59.8 Å². The van der Waals surface area contributed by atoms with Gasteiger partial charge in [-0.3, -0.25) is 4.79 Å². The molecule has 156 valence electrons. The van der Waals surface area contributed by atoms with Gasteiger partial charge in [-0.1, -0.05) is 11.8 Å². The molecule has 0 bridgehead atoms. The van der Waals surface area contributed by atoms with Crippen LogP contribution in [0.4, 0.5) is 8.78 Å². The zero-order valence-corrected chi connectivity index (χ0v) is 16.8. The maximum atomic E-state index is 14.6. The van der Waals surface area contributed by atoms with Crippen LogP contribution < -0.4 is 4.74 Å². The first kappa shape index (κ1) is 20.3. The summed E-state index contributed by atoms with van der Waals surface area (Å²) < 4.78 is 39.0. The number of carbonyl (C=O) groups excluding carboxylic acids is 2. The molecule has 3 heterocycles. The van der Waals surface area contributed by atoms with Gasteiger partial charge in [-0.15, -0.1) is 11.3 Å². The highest BCUT2D eigenvalue weighted by molar-refractivity contribution is 7.14. The van der Waals surface area contributed by atoms with Gasteiger partial charge in [-0.2, -0.15) is 8.78 Å². The quantitative estimate of drug-likeness (QED) is 0.546. The molecule has 1 aromatic carbocycles. The number of halogens is 2. The van der Waals surface area contributed by atoms with Crippen LogP contribution in [0, 0.1) is 11.8 Å². The third kappa shape index (κ3) is 3.30. The highest BCUT2D eigenvalue weighted by Crippen LogP contribution is 2.46. The van der Waals surface area contributed by atoms with E-state index in [1.165, 1.54) is 23.1 Å². The van der Waals surface area contributed by atoms with E-state index < -0.39 is 34.9 Å². The Labute approximate surface area is 174 Å². The largest absolute Gasteiger partial charge is 0.486 e. The molecule has 0 aliphatic carbocycles. The Bertz CT molecular complexity index is 1120.